The average Bonchev–Trinajstić information content (AvgIpc) is 2.54. The highest BCUT2D eigenvalue weighted by Gasteiger charge is 2.24. The van der Waals surface area contributed by atoms with Crippen LogP contribution in [-0.2, 0) is 0 Å². The van der Waals surface area contributed by atoms with Crippen molar-refractivity contribution in [3.63, 3.8) is 0 Å². The van der Waals surface area contributed by atoms with Crippen LogP contribution in [0, 0.1) is 0 Å². The minimum Gasteiger partial charge on any atom is -0.494 e. The predicted octanol–water partition coefficient (Wildman–Crippen LogP) is 4.46. The molecule has 5 heteroatoms. The number of hydrogen-bond acceptors (Lipinski definition) is 3. The third-order valence-electron chi connectivity index (χ3n) is 4.25. The lowest BCUT2D eigenvalue weighted by Crippen LogP contribution is -2.45. The first-order valence-corrected chi connectivity index (χ1v) is 8.53. The van der Waals surface area contributed by atoms with Crippen molar-refractivity contribution in [2.75, 3.05) is 32.8 Å². The number of halogens is 2. The van der Waals surface area contributed by atoms with E-state index in [1.165, 1.54) is 31.2 Å². The lowest BCUT2D eigenvalue weighted by atomic mass is 9.97. The number of unbranched alkanes of at least 4 members (excludes halogenated alkanes) is 2. The van der Waals surface area contributed by atoms with E-state index in [1.807, 2.05) is 0 Å². The Morgan fingerprint density at radius 1 is 1.09 bits per heavy atom. The molecule has 0 spiro atoms. The third-order valence-corrected chi connectivity index (χ3v) is 4.25. The maximum absolute atomic E-state index is 5.87. The molecule has 23 heavy (non-hydrogen) atoms. The molecule has 1 fully saturated rings. The molecular weight excluding hydrogens is 331 g/mol. The quantitative estimate of drug-likeness (QED) is 0.691. The molecule has 1 aromatic carbocycles. The zero-order valence-corrected chi connectivity index (χ0v) is 16.1. The van der Waals surface area contributed by atoms with Gasteiger partial charge in [-0.1, -0.05) is 44.4 Å². The number of para-hydroxylation sites is 1. The fourth-order valence-corrected chi connectivity index (χ4v) is 3.16. The summed E-state index contributed by atoms with van der Waals surface area (Å²) in [5, 5.41) is 3.46. The SMILES string of the molecule is CCCCC[C@@H](c1ccccc1OCC)N1CCNCC1.Cl.Cl. The Hall–Kier alpha value is -0.480. The fourth-order valence-electron chi connectivity index (χ4n) is 3.16. The van der Waals surface area contributed by atoms with E-state index >= 15 is 0 Å². The summed E-state index contributed by atoms with van der Waals surface area (Å²) in [6, 6.07) is 9.10. The maximum Gasteiger partial charge on any atom is 0.124 e. The molecule has 2 rings (SSSR count). The molecule has 1 saturated heterocycles. The van der Waals surface area contributed by atoms with Gasteiger partial charge < -0.3 is 10.1 Å². The molecule has 0 unspecified atom stereocenters. The molecule has 0 amide bonds. The summed E-state index contributed by atoms with van der Waals surface area (Å²) in [6.07, 6.45) is 5.13. The van der Waals surface area contributed by atoms with Crippen molar-refractivity contribution in [2.24, 2.45) is 0 Å². The fraction of sp³-hybridized carbons (Fsp3) is 0.667. The van der Waals surface area contributed by atoms with Crippen molar-refractivity contribution >= 4 is 24.8 Å². The second-order valence-electron chi connectivity index (χ2n) is 5.77. The predicted molar refractivity (Wildman–Crippen MR) is 103 cm³/mol. The van der Waals surface area contributed by atoms with E-state index in [4.69, 9.17) is 4.74 Å². The Labute approximate surface area is 154 Å². The highest BCUT2D eigenvalue weighted by molar-refractivity contribution is 5.85. The van der Waals surface area contributed by atoms with Crippen LogP contribution in [0.15, 0.2) is 24.3 Å². The minimum atomic E-state index is 0. The van der Waals surface area contributed by atoms with E-state index in [-0.39, 0.29) is 24.8 Å². The van der Waals surface area contributed by atoms with Crippen LogP contribution in [0.1, 0.15) is 51.1 Å². The van der Waals surface area contributed by atoms with Gasteiger partial charge in [0.2, 0.25) is 0 Å². The molecule has 0 radical (unpaired) electrons. The molecule has 1 heterocycles. The zero-order chi connectivity index (χ0) is 14.9. The first-order chi connectivity index (χ1) is 10.4. The lowest BCUT2D eigenvalue weighted by molar-refractivity contribution is 0.159. The molecule has 1 aliphatic rings. The van der Waals surface area contributed by atoms with Crippen molar-refractivity contribution in [3.8, 4) is 5.75 Å². The van der Waals surface area contributed by atoms with Crippen LogP contribution in [0.4, 0.5) is 0 Å². The Bertz CT molecular complexity index is 412. The maximum atomic E-state index is 5.87. The molecule has 0 saturated carbocycles. The first-order valence-electron chi connectivity index (χ1n) is 8.53. The number of piperazine rings is 1. The summed E-state index contributed by atoms with van der Waals surface area (Å²) in [4.78, 5) is 2.63. The normalized spacial score (nSPS) is 16.1. The largest absolute Gasteiger partial charge is 0.494 e. The molecular formula is C18H32Cl2N2O. The van der Waals surface area contributed by atoms with Gasteiger partial charge in [-0.15, -0.1) is 24.8 Å². The van der Waals surface area contributed by atoms with Crippen molar-refractivity contribution in [1.29, 1.82) is 0 Å². The van der Waals surface area contributed by atoms with Crippen molar-refractivity contribution in [1.82, 2.24) is 10.2 Å². The van der Waals surface area contributed by atoms with Gasteiger partial charge in [0.25, 0.3) is 0 Å². The summed E-state index contributed by atoms with van der Waals surface area (Å²) in [5.41, 5.74) is 1.37. The molecule has 0 aromatic heterocycles. The van der Waals surface area contributed by atoms with E-state index in [0.29, 0.717) is 6.04 Å². The van der Waals surface area contributed by atoms with E-state index in [0.717, 1.165) is 38.5 Å². The number of hydrogen-bond donors (Lipinski definition) is 1. The van der Waals surface area contributed by atoms with Gasteiger partial charge in [0.1, 0.15) is 5.75 Å². The second-order valence-corrected chi connectivity index (χ2v) is 5.77. The molecule has 134 valence electrons. The van der Waals surface area contributed by atoms with E-state index in [2.05, 4.69) is 48.3 Å². The summed E-state index contributed by atoms with van der Waals surface area (Å²) in [6.45, 7) is 9.54. The van der Waals surface area contributed by atoms with Gasteiger partial charge >= 0.3 is 0 Å². The van der Waals surface area contributed by atoms with Crippen molar-refractivity contribution < 1.29 is 4.74 Å². The van der Waals surface area contributed by atoms with E-state index in [1.54, 1.807) is 0 Å². The van der Waals surface area contributed by atoms with Crippen LogP contribution in [0.2, 0.25) is 0 Å². The number of nitrogens with zero attached hydrogens (tertiary/aromatic N) is 1. The summed E-state index contributed by atoms with van der Waals surface area (Å²) in [7, 11) is 0. The Morgan fingerprint density at radius 3 is 2.43 bits per heavy atom. The van der Waals surface area contributed by atoms with Crippen molar-refractivity contribution in [2.45, 2.75) is 45.6 Å². The summed E-state index contributed by atoms with van der Waals surface area (Å²) in [5.74, 6) is 1.07. The highest BCUT2D eigenvalue weighted by atomic mass is 35.5. The van der Waals surface area contributed by atoms with Gasteiger partial charge in [-0.25, -0.2) is 0 Å². The Morgan fingerprint density at radius 2 is 1.78 bits per heavy atom. The molecule has 1 atom stereocenters. The van der Waals surface area contributed by atoms with Gasteiger partial charge in [-0.3, -0.25) is 4.90 Å². The molecule has 3 nitrogen and oxygen atoms in total. The van der Waals surface area contributed by atoms with E-state index < -0.39 is 0 Å². The third kappa shape index (κ3) is 6.88. The van der Waals surface area contributed by atoms with Crippen molar-refractivity contribution in [3.05, 3.63) is 29.8 Å². The molecule has 0 bridgehead atoms. The van der Waals surface area contributed by atoms with E-state index in [9.17, 15) is 0 Å². The van der Waals surface area contributed by atoms with Gasteiger partial charge in [0, 0.05) is 37.8 Å². The van der Waals surface area contributed by atoms with Gasteiger partial charge in [0.15, 0.2) is 0 Å². The molecule has 0 aliphatic carbocycles. The van der Waals surface area contributed by atoms with Crippen LogP contribution in [0.25, 0.3) is 0 Å². The second kappa shape index (κ2) is 12.9. The number of rotatable bonds is 8. The standard InChI is InChI=1S/C18H30N2O.2ClH/c1-3-5-6-10-17(20-14-12-19-13-15-20)16-9-7-8-11-18(16)21-4-2;;/h7-9,11,17,19H,3-6,10,12-15H2,1-2H3;2*1H/t17-;;/m0../s1. The van der Waals surface area contributed by atoms with Crippen LogP contribution < -0.4 is 10.1 Å². The number of benzene rings is 1. The van der Waals surface area contributed by atoms with Gasteiger partial charge in [0.05, 0.1) is 6.61 Å². The Balaban J connectivity index is 0.00000242. The molecule has 1 aliphatic heterocycles. The molecule has 1 N–H and O–H groups in total. The number of nitrogens with one attached hydrogen (secondary N) is 1. The summed E-state index contributed by atoms with van der Waals surface area (Å²) >= 11 is 0. The first kappa shape index (κ1) is 22.5. The molecule has 1 aromatic rings. The average molecular weight is 363 g/mol. The van der Waals surface area contributed by atoms with Crippen LogP contribution in [0.5, 0.6) is 5.75 Å². The topological polar surface area (TPSA) is 24.5 Å². The van der Waals surface area contributed by atoms with Gasteiger partial charge in [-0.2, -0.15) is 0 Å². The van der Waals surface area contributed by atoms with Crippen LogP contribution in [0.3, 0.4) is 0 Å². The minimum absolute atomic E-state index is 0. The van der Waals surface area contributed by atoms with Gasteiger partial charge in [-0.05, 0) is 19.4 Å². The summed E-state index contributed by atoms with van der Waals surface area (Å²) < 4.78 is 5.87. The zero-order valence-electron chi connectivity index (χ0n) is 14.4. The Kier molecular flexibility index (Phi) is 12.6. The smallest absolute Gasteiger partial charge is 0.124 e. The van der Waals surface area contributed by atoms with Crippen LogP contribution >= 0.6 is 24.8 Å². The number of ether oxygens (including phenoxy) is 1. The van der Waals surface area contributed by atoms with Crippen LogP contribution in [-0.4, -0.2) is 37.7 Å². The highest BCUT2D eigenvalue weighted by Crippen LogP contribution is 2.33. The lowest BCUT2D eigenvalue weighted by Gasteiger charge is -2.36. The monoisotopic (exact) mass is 362 g/mol.